The number of nitro benzene ring substituents is 1. The average Bonchev–Trinajstić information content (AvgIpc) is 2.99. The Morgan fingerprint density at radius 2 is 1.19 bits per heavy atom. The van der Waals surface area contributed by atoms with Gasteiger partial charge in [-0.25, -0.2) is 0 Å². The monoisotopic (exact) mass is 580 g/mol. The Balaban J connectivity index is 2.00. The van der Waals surface area contributed by atoms with Crippen LogP contribution >= 0.6 is 0 Å². The van der Waals surface area contributed by atoms with Crippen LogP contribution in [0.15, 0.2) is 70.7 Å². The topological polar surface area (TPSA) is 71.1 Å². The molecule has 0 aromatic heterocycles. The van der Waals surface area contributed by atoms with E-state index in [1.807, 2.05) is 19.1 Å². The van der Waals surface area contributed by atoms with Crippen LogP contribution in [0.3, 0.4) is 0 Å². The summed E-state index contributed by atoms with van der Waals surface area (Å²) < 4.78 is 0. The third-order valence-electron chi connectivity index (χ3n) is 7.88. The van der Waals surface area contributed by atoms with Crippen molar-refractivity contribution in [2.24, 2.45) is 10.2 Å². The molecule has 0 aliphatic carbocycles. The van der Waals surface area contributed by atoms with Crippen LogP contribution in [-0.2, 0) is 0 Å². The Morgan fingerprint density at radius 3 is 1.60 bits per heavy atom. The number of allylic oxidation sites excluding steroid dienone is 3. The van der Waals surface area contributed by atoms with E-state index in [1.165, 1.54) is 141 Å². The summed E-state index contributed by atoms with van der Waals surface area (Å²) in [4.78, 5) is 12.6. The fourth-order valence-corrected chi connectivity index (χ4v) is 5.16. The van der Waals surface area contributed by atoms with E-state index in [-0.39, 0.29) is 5.69 Å². The Labute approximate surface area is 257 Å². The van der Waals surface area contributed by atoms with Crippen LogP contribution in [0.1, 0.15) is 142 Å². The van der Waals surface area contributed by atoms with Gasteiger partial charge in [0.2, 0.25) is 0 Å². The van der Waals surface area contributed by atoms with Crippen molar-refractivity contribution in [3.8, 4) is 0 Å². The lowest BCUT2D eigenvalue weighted by Crippen LogP contribution is -2.17. The van der Waals surface area contributed by atoms with Crippen molar-refractivity contribution < 1.29 is 4.92 Å². The maximum Gasteiger partial charge on any atom is 0.269 e. The van der Waals surface area contributed by atoms with Gasteiger partial charge >= 0.3 is 0 Å². The first kappa shape index (κ1) is 37.3. The first-order valence-corrected chi connectivity index (χ1v) is 16.9. The fraction of sp³-hybridized carbons (Fsp3) is 0.667. The molecular weight excluding hydrogens is 520 g/mol. The van der Waals surface area contributed by atoms with Crippen LogP contribution in [0.2, 0.25) is 0 Å². The summed E-state index contributed by atoms with van der Waals surface area (Å²) in [7, 11) is 2.12. The predicted octanol–water partition coefficient (Wildman–Crippen LogP) is 12.4. The second-order valence-corrected chi connectivity index (χ2v) is 11.7. The molecule has 0 saturated heterocycles. The summed E-state index contributed by atoms with van der Waals surface area (Å²) in [6.45, 7) is 9.29. The summed E-state index contributed by atoms with van der Waals surface area (Å²) in [5.74, 6) is 0. The van der Waals surface area contributed by atoms with Gasteiger partial charge in [-0.2, -0.15) is 10.2 Å². The Hall–Kier alpha value is -2.76. The lowest BCUT2D eigenvalue weighted by Gasteiger charge is -2.20. The number of benzene rings is 1. The van der Waals surface area contributed by atoms with Gasteiger partial charge < -0.3 is 4.90 Å². The number of likely N-dealkylation sites (N-methyl/N-ethyl adjacent to an activating group) is 1. The molecule has 0 N–H and O–H groups in total. The lowest BCUT2D eigenvalue weighted by molar-refractivity contribution is -0.384. The third kappa shape index (κ3) is 20.2. The van der Waals surface area contributed by atoms with E-state index >= 15 is 0 Å². The van der Waals surface area contributed by atoms with Gasteiger partial charge in [0.1, 0.15) is 0 Å². The van der Waals surface area contributed by atoms with Crippen molar-refractivity contribution in [1.82, 2.24) is 4.90 Å². The van der Waals surface area contributed by atoms with Gasteiger partial charge in [-0.05, 0) is 37.6 Å². The van der Waals surface area contributed by atoms with E-state index in [0.717, 1.165) is 12.2 Å². The highest BCUT2D eigenvalue weighted by Gasteiger charge is 2.04. The van der Waals surface area contributed by atoms with Crippen molar-refractivity contribution in [2.75, 3.05) is 13.6 Å². The molecule has 0 fully saturated rings. The molecule has 0 bridgehead atoms. The van der Waals surface area contributed by atoms with Gasteiger partial charge in [0, 0.05) is 31.4 Å². The summed E-state index contributed by atoms with van der Waals surface area (Å²) in [5.41, 5.74) is 2.24. The number of nitrogens with zero attached hydrogens (tertiary/aromatic N) is 4. The number of hydrogen-bond donors (Lipinski definition) is 0. The lowest BCUT2D eigenvalue weighted by atomic mass is 10.0. The highest BCUT2D eigenvalue weighted by molar-refractivity contribution is 5.43. The smallest absolute Gasteiger partial charge is 0.269 e. The summed E-state index contributed by atoms with van der Waals surface area (Å²) >= 11 is 0. The molecule has 0 aliphatic rings. The first-order valence-electron chi connectivity index (χ1n) is 16.9. The van der Waals surface area contributed by atoms with Gasteiger partial charge in [-0.3, -0.25) is 10.1 Å². The van der Waals surface area contributed by atoms with Crippen LogP contribution in [0.4, 0.5) is 11.4 Å². The number of rotatable bonds is 27. The predicted molar refractivity (Wildman–Crippen MR) is 180 cm³/mol. The fourth-order valence-electron chi connectivity index (χ4n) is 5.16. The first-order chi connectivity index (χ1) is 20.5. The molecule has 6 heteroatoms. The number of azo groups is 1. The van der Waals surface area contributed by atoms with Crippen LogP contribution in [0, 0.1) is 10.1 Å². The van der Waals surface area contributed by atoms with Gasteiger partial charge in [0.25, 0.3) is 5.69 Å². The summed E-state index contributed by atoms with van der Waals surface area (Å²) in [6.07, 6.45) is 34.0. The van der Waals surface area contributed by atoms with Crippen molar-refractivity contribution in [3.63, 3.8) is 0 Å². The second-order valence-electron chi connectivity index (χ2n) is 11.7. The Bertz CT molecular complexity index is 921. The van der Waals surface area contributed by atoms with Crippen LogP contribution < -0.4 is 0 Å². The Kier molecular flexibility index (Phi) is 23.0. The number of hydrogen-bond acceptors (Lipinski definition) is 5. The Morgan fingerprint density at radius 1 is 0.762 bits per heavy atom. The molecular formula is C36H60N4O2. The van der Waals surface area contributed by atoms with Gasteiger partial charge in [-0.1, -0.05) is 142 Å². The van der Waals surface area contributed by atoms with Crippen molar-refractivity contribution in [2.45, 2.75) is 142 Å². The molecule has 1 aromatic carbocycles. The van der Waals surface area contributed by atoms with E-state index in [2.05, 4.69) is 41.8 Å². The number of non-ortho nitro benzene ring substituents is 1. The van der Waals surface area contributed by atoms with Crippen LogP contribution in [-0.4, -0.2) is 23.4 Å². The van der Waals surface area contributed by atoms with Crippen molar-refractivity contribution >= 4 is 11.4 Å². The maximum absolute atomic E-state index is 10.8. The molecule has 0 aliphatic heterocycles. The molecule has 1 aromatic rings. The average molecular weight is 581 g/mol. The molecule has 42 heavy (non-hydrogen) atoms. The third-order valence-corrected chi connectivity index (χ3v) is 7.88. The van der Waals surface area contributed by atoms with E-state index in [0.29, 0.717) is 11.4 Å². The van der Waals surface area contributed by atoms with E-state index in [9.17, 15) is 10.1 Å². The van der Waals surface area contributed by atoms with Crippen molar-refractivity contribution in [3.05, 3.63) is 70.6 Å². The molecule has 236 valence electrons. The minimum absolute atomic E-state index is 0.0358. The normalized spacial score (nSPS) is 12.0. The zero-order chi connectivity index (χ0) is 30.7. The minimum Gasteiger partial charge on any atom is -0.375 e. The van der Waals surface area contributed by atoms with E-state index in [4.69, 9.17) is 0 Å². The highest BCUT2D eigenvalue weighted by Crippen LogP contribution is 2.19. The zero-order valence-electron chi connectivity index (χ0n) is 27.2. The summed E-state index contributed by atoms with van der Waals surface area (Å²) in [6, 6.07) is 5.98. The minimum atomic E-state index is -0.431. The van der Waals surface area contributed by atoms with Gasteiger partial charge in [-0.15, -0.1) is 0 Å². The number of nitro groups is 1. The molecule has 0 heterocycles. The van der Waals surface area contributed by atoms with Crippen molar-refractivity contribution in [1.29, 1.82) is 0 Å². The zero-order valence-corrected chi connectivity index (χ0v) is 27.2. The van der Waals surface area contributed by atoms with E-state index < -0.39 is 4.92 Å². The molecule has 0 spiro atoms. The molecule has 6 nitrogen and oxygen atoms in total. The summed E-state index contributed by atoms with van der Waals surface area (Å²) in [5, 5.41) is 19.0. The largest absolute Gasteiger partial charge is 0.375 e. The van der Waals surface area contributed by atoms with Crippen LogP contribution in [0.5, 0.6) is 0 Å². The molecule has 0 unspecified atom stereocenters. The molecule has 0 amide bonds. The molecule has 0 saturated carbocycles. The second kappa shape index (κ2) is 25.9. The SMILES string of the molecule is C=C(/C=C\C(=C/C)N(C)CCCCCCCCCCCCCCCCCCCCCC)/N=N/c1ccc([N+](=O)[O-])cc1. The number of unbranched alkanes of at least 4 members (excludes halogenated alkanes) is 19. The molecule has 1 rings (SSSR count). The van der Waals surface area contributed by atoms with Crippen LogP contribution in [0.25, 0.3) is 0 Å². The molecule has 0 radical (unpaired) electrons. The van der Waals surface area contributed by atoms with Gasteiger partial charge in [0.15, 0.2) is 0 Å². The maximum atomic E-state index is 10.8. The van der Waals surface area contributed by atoms with E-state index in [1.54, 1.807) is 12.1 Å². The standard InChI is InChI=1S/C36H60N4O2/c1-5-7-8-9-10-11-12-13-14-15-16-17-18-19-20-21-22-23-24-25-32-39(4)35(6-2)29-26-33(3)37-38-34-27-30-36(31-28-34)40(41)42/h6,26-31H,3,5,7-25,32H2,1-2,4H3/b29-26-,35-6+,38-37+. The highest BCUT2D eigenvalue weighted by atomic mass is 16.6. The molecule has 0 atom stereocenters. The van der Waals surface area contributed by atoms with Gasteiger partial charge in [0.05, 0.1) is 16.3 Å². The quantitative estimate of drug-likeness (QED) is 0.0341.